The molecule has 31 heavy (non-hydrogen) atoms. The monoisotopic (exact) mass is 466 g/mol. The van der Waals surface area contributed by atoms with E-state index < -0.39 is 5.97 Å². The number of benzene rings is 1. The van der Waals surface area contributed by atoms with Crippen molar-refractivity contribution in [3.63, 3.8) is 0 Å². The second-order valence-electron chi connectivity index (χ2n) is 8.26. The van der Waals surface area contributed by atoms with Gasteiger partial charge >= 0.3 is 5.97 Å². The molecule has 1 N–H and O–H groups in total. The number of aliphatic carboxylic acids is 1. The Morgan fingerprint density at radius 2 is 2.00 bits per heavy atom. The van der Waals surface area contributed by atoms with Crippen molar-refractivity contribution in [1.82, 2.24) is 9.88 Å². The smallest absolute Gasteiger partial charge is 0.305 e. The summed E-state index contributed by atoms with van der Waals surface area (Å²) in [6, 6.07) is 6.16. The van der Waals surface area contributed by atoms with Crippen molar-refractivity contribution in [2.24, 2.45) is 0 Å². The van der Waals surface area contributed by atoms with E-state index in [1.807, 2.05) is 12.1 Å². The lowest BCUT2D eigenvalue weighted by Gasteiger charge is -2.35. The molecule has 2 fully saturated rings. The van der Waals surface area contributed by atoms with E-state index in [1.54, 1.807) is 0 Å². The van der Waals surface area contributed by atoms with Crippen molar-refractivity contribution >= 4 is 51.6 Å². The first-order valence-electron chi connectivity index (χ1n) is 10.7. The molecule has 4 rings (SSSR count). The SMILES string of the molecule is CN1CCN(c2cc(N3CCC[C@H]3COCCC(=O)O)nc3c(Cl)c(Cl)ccc23)CC1. The van der Waals surface area contributed by atoms with Crippen LogP contribution in [0.3, 0.4) is 0 Å². The molecule has 0 amide bonds. The van der Waals surface area contributed by atoms with Crippen molar-refractivity contribution in [2.75, 3.05) is 62.8 Å². The number of fused-ring (bicyclic) bond motifs is 1. The molecule has 0 aliphatic carbocycles. The van der Waals surface area contributed by atoms with Gasteiger partial charge in [-0.1, -0.05) is 23.2 Å². The largest absolute Gasteiger partial charge is 0.481 e. The van der Waals surface area contributed by atoms with E-state index in [0.29, 0.717) is 16.7 Å². The van der Waals surface area contributed by atoms with Gasteiger partial charge in [-0.05, 0) is 32.0 Å². The van der Waals surface area contributed by atoms with Crippen molar-refractivity contribution in [1.29, 1.82) is 0 Å². The van der Waals surface area contributed by atoms with Gasteiger partial charge in [0.05, 0.1) is 41.2 Å². The number of carboxylic acid groups (broad SMARTS) is 1. The van der Waals surface area contributed by atoms with Gasteiger partial charge in [-0.25, -0.2) is 4.98 Å². The highest BCUT2D eigenvalue weighted by Gasteiger charge is 2.28. The third kappa shape index (κ3) is 5.00. The van der Waals surface area contributed by atoms with Crippen molar-refractivity contribution < 1.29 is 14.6 Å². The van der Waals surface area contributed by atoms with Crippen LogP contribution < -0.4 is 9.80 Å². The van der Waals surface area contributed by atoms with Crippen molar-refractivity contribution in [2.45, 2.75) is 25.3 Å². The fourth-order valence-corrected chi connectivity index (χ4v) is 4.71. The molecule has 0 bridgehead atoms. The van der Waals surface area contributed by atoms with Gasteiger partial charge in [0.15, 0.2) is 0 Å². The van der Waals surface area contributed by atoms with E-state index in [9.17, 15) is 4.79 Å². The van der Waals surface area contributed by atoms with Gasteiger partial charge in [0.2, 0.25) is 0 Å². The van der Waals surface area contributed by atoms with Gasteiger partial charge in [0.25, 0.3) is 0 Å². The van der Waals surface area contributed by atoms with E-state index in [2.05, 4.69) is 27.8 Å². The first kappa shape index (κ1) is 22.4. The number of ether oxygens (including phenoxy) is 1. The molecule has 1 aromatic heterocycles. The lowest BCUT2D eigenvalue weighted by molar-refractivity contribution is -0.138. The molecule has 2 saturated heterocycles. The highest BCUT2D eigenvalue weighted by molar-refractivity contribution is 6.45. The second kappa shape index (κ2) is 9.77. The molecule has 3 heterocycles. The van der Waals surface area contributed by atoms with Crippen LogP contribution >= 0.6 is 23.2 Å². The zero-order valence-electron chi connectivity index (χ0n) is 17.7. The number of likely N-dealkylation sites (N-methyl/N-ethyl adjacent to an activating group) is 1. The Bertz CT molecular complexity index is 950. The summed E-state index contributed by atoms with van der Waals surface area (Å²) in [6.45, 7) is 5.48. The Kier molecular flexibility index (Phi) is 7.06. The number of piperazine rings is 1. The Balaban J connectivity index is 1.65. The molecule has 1 atom stereocenters. The Morgan fingerprint density at radius 3 is 2.74 bits per heavy atom. The molecule has 0 unspecified atom stereocenters. The minimum Gasteiger partial charge on any atom is -0.481 e. The Labute approximate surface area is 192 Å². The van der Waals surface area contributed by atoms with Crippen LogP contribution in [0.15, 0.2) is 18.2 Å². The average molecular weight is 467 g/mol. The standard InChI is InChI=1S/C22H28Cl2N4O3/c1-26-8-10-27(11-9-26)18-13-19(25-22-16(18)4-5-17(23)21(22)24)28-7-2-3-15(28)14-31-12-6-20(29)30/h4-5,13,15H,2-3,6-12,14H2,1H3,(H,29,30)/t15-/m0/s1. The fourth-order valence-electron chi connectivity index (χ4n) is 4.35. The number of anilines is 2. The second-order valence-corrected chi connectivity index (χ2v) is 9.04. The third-order valence-electron chi connectivity index (χ3n) is 6.12. The lowest BCUT2D eigenvalue weighted by atomic mass is 10.1. The number of hydrogen-bond acceptors (Lipinski definition) is 6. The van der Waals surface area contributed by atoms with Crippen molar-refractivity contribution in [3.05, 3.63) is 28.2 Å². The normalized spacial score (nSPS) is 20.0. The predicted molar refractivity (Wildman–Crippen MR) is 125 cm³/mol. The summed E-state index contributed by atoms with van der Waals surface area (Å²) in [5.41, 5.74) is 1.85. The van der Waals surface area contributed by atoms with Gasteiger partial charge in [0, 0.05) is 49.9 Å². The first-order valence-corrected chi connectivity index (χ1v) is 11.5. The molecule has 1 aromatic carbocycles. The maximum atomic E-state index is 10.7. The number of carbonyl (C=O) groups is 1. The Hall–Kier alpha value is -1.80. The fraction of sp³-hybridized carbons (Fsp3) is 0.545. The van der Waals surface area contributed by atoms with Crippen molar-refractivity contribution in [3.8, 4) is 0 Å². The van der Waals surface area contributed by atoms with Crippen LogP contribution in [0, 0.1) is 0 Å². The van der Waals surface area contributed by atoms with Crippen LogP contribution in [-0.4, -0.2) is 80.0 Å². The Morgan fingerprint density at radius 1 is 1.23 bits per heavy atom. The number of pyridine rings is 1. The highest BCUT2D eigenvalue weighted by Crippen LogP contribution is 2.38. The summed E-state index contributed by atoms with van der Waals surface area (Å²) in [4.78, 5) is 22.6. The van der Waals surface area contributed by atoms with E-state index >= 15 is 0 Å². The molecule has 168 valence electrons. The topological polar surface area (TPSA) is 69.1 Å². The summed E-state index contributed by atoms with van der Waals surface area (Å²) in [5.74, 6) is 0.0257. The van der Waals surface area contributed by atoms with E-state index in [4.69, 9.17) is 38.0 Å². The predicted octanol–water partition coefficient (Wildman–Crippen LogP) is 3.75. The molecule has 9 heteroatoms. The van der Waals surface area contributed by atoms with Gasteiger partial charge < -0.3 is 24.5 Å². The molecule has 2 aliphatic heterocycles. The summed E-state index contributed by atoms with van der Waals surface area (Å²) in [6.07, 6.45) is 2.04. The van der Waals surface area contributed by atoms with Crippen LogP contribution in [0.25, 0.3) is 10.9 Å². The van der Waals surface area contributed by atoms with Crippen LogP contribution in [0.1, 0.15) is 19.3 Å². The molecule has 0 spiro atoms. The maximum absolute atomic E-state index is 10.7. The number of carboxylic acids is 1. The molecule has 2 aliphatic rings. The zero-order chi connectivity index (χ0) is 22.0. The number of nitrogens with zero attached hydrogens (tertiary/aromatic N) is 4. The zero-order valence-corrected chi connectivity index (χ0v) is 19.2. The number of halogens is 2. The van der Waals surface area contributed by atoms with Gasteiger partial charge in [0.1, 0.15) is 5.82 Å². The van der Waals surface area contributed by atoms with Crippen LogP contribution in [0.5, 0.6) is 0 Å². The molecule has 0 radical (unpaired) electrons. The molecular formula is C22H28Cl2N4O3. The summed E-state index contributed by atoms with van der Waals surface area (Å²) in [7, 11) is 2.14. The molecular weight excluding hydrogens is 439 g/mol. The molecule has 0 saturated carbocycles. The highest BCUT2D eigenvalue weighted by atomic mass is 35.5. The molecule has 2 aromatic rings. The van der Waals surface area contributed by atoms with Gasteiger partial charge in [-0.3, -0.25) is 4.79 Å². The maximum Gasteiger partial charge on any atom is 0.305 e. The number of rotatable bonds is 7. The summed E-state index contributed by atoms with van der Waals surface area (Å²) < 4.78 is 5.66. The first-order chi connectivity index (χ1) is 14.9. The third-order valence-corrected chi connectivity index (χ3v) is 6.92. The van der Waals surface area contributed by atoms with Crippen LogP contribution in [0.2, 0.25) is 10.0 Å². The van der Waals surface area contributed by atoms with E-state index in [-0.39, 0.29) is 19.1 Å². The van der Waals surface area contributed by atoms with Gasteiger partial charge in [-0.2, -0.15) is 0 Å². The van der Waals surface area contributed by atoms with E-state index in [1.165, 1.54) is 0 Å². The summed E-state index contributed by atoms with van der Waals surface area (Å²) in [5, 5.41) is 10.8. The van der Waals surface area contributed by atoms with E-state index in [0.717, 1.165) is 68.0 Å². The van der Waals surface area contributed by atoms with Gasteiger partial charge in [-0.15, -0.1) is 0 Å². The lowest BCUT2D eigenvalue weighted by Crippen LogP contribution is -2.44. The quantitative estimate of drug-likeness (QED) is 0.622. The minimum atomic E-state index is -0.845. The summed E-state index contributed by atoms with van der Waals surface area (Å²) >= 11 is 12.9. The molecule has 7 nitrogen and oxygen atoms in total. The number of hydrogen-bond donors (Lipinski definition) is 1. The van der Waals surface area contributed by atoms with Crippen LogP contribution in [-0.2, 0) is 9.53 Å². The minimum absolute atomic E-state index is 0.0165. The van der Waals surface area contributed by atoms with Crippen LogP contribution in [0.4, 0.5) is 11.5 Å². The number of aromatic nitrogens is 1. The average Bonchev–Trinajstić information content (AvgIpc) is 3.22.